The van der Waals surface area contributed by atoms with Gasteiger partial charge in [0.15, 0.2) is 5.82 Å². The summed E-state index contributed by atoms with van der Waals surface area (Å²) in [4.78, 5) is 8.80. The summed E-state index contributed by atoms with van der Waals surface area (Å²) in [5.74, 6) is 1.16. The second kappa shape index (κ2) is 6.82. The highest BCUT2D eigenvalue weighted by molar-refractivity contribution is 6.62. The molecule has 1 saturated carbocycles. The highest BCUT2D eigenvalue weighted by Crippen LogP contribution is 2.27. The smallest absolute Gasteiger partial charge is 0.423 e. The van der Waals surface area contributed by atoms with Gasteiger partial charge < -0.3 is 20.3 Å². The van der Waals surface area contributed by atoms with Crippen LogP contribution in [-0.4, -0.2) is 28.2 Å². The molecule has 1 aliphatic heterocycles. The predicted molar refractivity (Wildman–Crippen MR) is 99.8 cm³/mol. The van der Waals surface area contributed by atoms with Crippen LogP contribution in [0.2, 0.25) is 5.02 Å². The molecule has 130 valence electrons. The molecule has 1 aliphatic carbocycles. The van der Waals surface area contributed by atoms with Crippen LogP contribution in [0, 0.1) is 6.92 Å². The number of rotatable bonds is 4. The standard InChI is InChI=1S/C17H20BClN4O2/c1-10-6-13(7-11-9-25-18(24)15(10)11)22-17-20-8-14(19)16(23-17)21-12-4-2-3-5-12/h6-8,12,24H,2-5,9H2,1H3,(H2,20,21,22,23). The van der Waals surface area contributed by atoms with E-state index in [0.717, 1.165) is 35.1 Å². The Morgan fingerprint density at radius 2 is 2.12 bits per heavy atom. The Morgan fingerprint density at radius 3 is 2.92 bits per heavy atom. The molecule has 0 saturated heterocycles. The number of nitrogens with zero attached hydrogens (tertiary/aromatic N) is 2. The summed E-state index contributed by atoms with van der Waals surface area (Å²) in [6, 6.07) is 4.35. The van der Waals surface area contributed by atoms with Crippen molar-refractivity contribution in [3.63, 3.8) is 0 Å². The summed E-state index contributed by atoms with van der Waals surface area (Å²) in [5.41, 5.74) is 3.67. The molecule has 0 radical (unpaired) electrons. The minimum atomic E-state index is -0.835. The lowest BCUT2D eigenvalue weighted by atomic mass is 9.76. The van der Waals surface area contributed by atoms with Gasteiger partial charge in [-0.05, 0) is 48.5 Å². The van der Waals surface area contributed by atoms with E-state index < -0.39 is 7.12 Å². The van der Waals surface area contributed by atoms with Crippen LogP contribution in [0.4, 0.5) is 17.5 Å². The van der Waals surface area contributed by atoms with E-state index in [2.05, 4.69) is 20.6 Å². The van der Waals surface area contributed by atoms with E-state index in [-0.39, 0.29) is 0 Å². The molecule has 2 aromatic rings. The van der Waals surface area contributed by atoms with Gasteiger partial charge in [-0.2, -0.15) is 4.98 Å². The third kappa shape index (κ3) is 3.45. The van der Waals surface area contributed by atoms with Gasteiger partial charge in [0.25, 0.3) is 0 Å². The molecule has 0 atom stereocenters. The SMILES string of the molecule is Cc1cc(Nc2ncc(Cl)c(NC3CCCC3)n2)cc2c1B(O)OC2. The largest absolute Gasteiger partial charge is 0.492 e. The Balaban J connectivity index is 1.56. The molecule has 2 aliphatic rings. The highest BCUT2D eigenvalue weighted by Gasteiger charge is 2.29. The average molecular weight is 359 g/mol. The maximum atomic E-state index is 9.86. The van der Waals surface area contributed by atoms with Gasteiger partial charge in [0, 0.05) is 11.7 Å². The summed E-state index contributed by atoms with van der Waals surface area (Å²) in [5, 5.41) is 17.0. The van der Waals surface area contributed by atoms with Gasteiger partial charge in [0.2, 0.25) is 5.95 Å². The van der Waals surface area contributed by atoms with Gasteiger partial charge in [0.05, 0.1) is 12.8 Å². The number of hydrogen-bond donors (Lipinski definition) is 3. The summed E-state index contributed by atoms with van der Waals surface area (Å²) in [6.07, 6.45) is 6.40. The van der Waals surface area contributed by atoms with E-state index in [9.17, 15) is 5.02 Å². The van der Waals surface area contributed by atoms with Gasteiger partial charge in [-0.3, -0.25) is 0 Å². The molecule has 0 amide bonds. The Bertz CT molecular complexity index is 798. The number of fused-ring (bicyclic) bond motifs is 1. The zero-order valence-corrected chi connectivity index (χ0v) is 14.8. The van der Waals surface area contributed by atoms with Crippen molar-refractivity contribution in [2.24, 2.45) is 0 Å². The monoisotopic (exact) mass is 358 g/mol. The second-order valence-electron chi connectivity index (χ2n) is 6.67. The molecule has 4 rings (SSSR count). The van der Waals surface area contributed by atoms with Gasteiger partial charge in [-0.15, -0.1) is 0 Å². The molecule has 25 heavy (non-hydrogen) atoms. The van der Waals surface area contributed by atoms with Gasteiger partial charge in [0.1, 0.15) is 5.02 Å². The summed E-state index contributed by atoms with van der Waals surface area (Å²) < 4.78 is 5.29. The molecular formula is C17H20BClN4O2. The van der Waals surface area contributed by atoms with Crippen molar-refractivity contribution >= 4 is 41.6 Å². The number of halogens is 1. The molecule has 0 unspecified atom stereocenters. The number of benzene rings is 1. The van der Waals surface area contributed by atoms with Crippen LogP contribution in [0.5, 0.6) is 0 Å². The second-order valence-corrected chi connectivity index (χ2v) is 7.08. The molecule has 3 N–H and O–H groups in total. The Hall–Kier alpha value is -1.83. The molecule has 6 nitrogen and oxygen atoms in total. The fraction of sp³-hybridized carbons (Fsp3) is 0.412. The van der Waals surface area contributed by atoms with E-state index in [1.807, 2.05) is 19.1 Å². The van der Waals surface area contributed by atoms with E-state index >= 15 is 0 Å². The minimum Gasteiger partial charge on any atom is -0.423 e. The van der Waals surface area contributed by atoms with Gasteiger partial charge >= 0.3 is 7.12 Å². The molecule has 0 spiro atoms. The fourth-order valence-electron chi connectivity index (χ4n) is 3.59. The first kappa shape index (κ1) is 16.6. The number of aromatic nitrogens is 2. The van der Waals surface area contributed by atoms with Crippen molar-refractivity contribution < 1.29 is 9.68 Å². The molecule has 2 heterocycles. The molecule has 0 bridgehead atoms. The molecular weight excluding hydrogens is 338 g/mol. The Morgan fingerprint density at radius 1 is 1.32 bits per heavy atom. The summed E-state index contributed by atoms with van der Waals surface area (Å²) in [6.45, 7) is 2.36. The Kier molecular flexibility index (Phi) is 4.54. The van der Waals surface area contributed by atoms with Crippen molar-refractivity contribution in [3.05, 3.63) is 34.5 Å². The van der Waals surface area contributed by atoms with Crippen LogP contribution >= 0.6 is 11.6 Å². The normalized spacial score (nSPS) is 17.0. The van der Waals surface area contributed by atoms with Crippen molar-refractivity contribution in [2.45, 2.75) is 45.3 Å². The van der Waals surface area contributed by atoms with E-state index in [0.29, 0.717) is 29.4 Å². The van der Waals surface area contributed by atoms with Crippen LogP contribution in [0.15, 0.2) is 18.3 Å². The van der Waals surface area contributed by atoms with Gasteiger partial charge in [-0.25, -0.2) is 4.98 Å². The van der Waals surface area contributed by atoms with Crippen LogP contribution < -0.4 is 16.1 Å². The Labute approximate surface area is 152 Å². The third-order valence-electron chi connectivity index (χ3n) is 4.81. The fourth-order valence-corrected chi connectivity index (χ4v) is 3.74. The third-order valence-corrected chi connectivity index (χ3v) is 5.09. The zero-order chi connectivity index (χ0) is 17.4. The van der Waals surface area contributed by atoms with Crippen molar-refractivity contribution in [2.75, 3.05) is 10.6 Å². The van der Waals surface area contributed by atoms with E-state index in [1.165, 1.54) is 12.8 Å². The maximum Gasteiger partial charge on any atom is 0.492 e. The lowest BCUT2D eigenvalue weighted by Crippen LogP contribution is -2.30. The highest BCUT2D eigenvalue weighted by atomic mass is 35.5. The quantitative estimate of drug-likeness (QED) is 0.729. The van der Waals surface area contributed by atoms with Crippen LogP contribution in [-0.2, 0) is 11.3 Å². The minimum absolute atomic E-state index is 0.406. The number of aryl methyl sites for hydroxylation is 1. The summed E-state index contributed by atoms with van der Waals surface area (Å²) in [7, 11) is -0.835. The molecule has 1 aromatic heterocycles. The number of anilines is 3. The predicted octanol–water partition coefficient (Wildman–Crippen LogP) is 2.75. The number of nitrogens with one attached hydrogen (secondary N) is 2. The van der Waals surface area contributed by atoms with Crippen LogP contribution in [0.1, 0.15) is 36.8 Å². The van der Waals surface area contributed by atoms with Gasteiger partial charge in [-0.1, -0.05) is 24.4 Å². The number of hydrogen-bond acceptors (Lipinski definition) is 6. The van der Waals surface area contributed by atoms with Crippen molar-refractivity contribution in [1.82, 2.24) is 9.97 Å². The van der Waals surface area contributed by atoms with Crippen molar-refractivity contribution in [3.8, 4) is 0 Å². The van der Waals surface area contributed by atoms with E-state index in [1.54, 1.807) is 6.20 Å². The maximum absolute atomic E-state index is 9.86. The summed E-state index contributed by atoms with van der Waals surface area (Å²) >= 11 is 6.24. The van der Waals surface area contributed by atoms with E-state index in [4.69, 9.17) is 16.3 Å². The first-order valence-corrected chi connectivity index (χ1v) is 8.97. The molecule has 8 heteroatoms. The topological polar surface area (TPSA) is 79.3 Å². The first-order valence-electron chi connectivity index (χ1n) is 8.59. The lowest BCUT2D eigenvalue weighted by molar-refractivity contribution is 0.275. The van der Waals surface area contributed by atoms with Crippen molar-refractivity contribution in [1.29, 1.82) is 0 Å². The van der Waals surface area contributed by atoms with Crippen LogP contribution in [0.3, 0.4) is 0 Å². The lowest BCUT2D eigenvalue weighted by Gasteiger charge is -2.15. The van der Waals surface area contributed by atoms with Crippen LogP contribution in [0.25, 0.3) is 0 Å². The molecule has 1 fully saturated rings. The molecule has 1 aromatic carbocycles. The average Bonchev–Trinajstić information content (AvgIpc) is 3.21. The zero-order valence-electron chi connectivity index (χ0n) is 14.1. The first-order chi connectivity index (χ1) is 12.1.